The molecule has 0 atom stereocenters. The summed E-state index contributed by atoms with van der Waals surface area (Å²) in [6.07, 6.45) is 0. The molecule has 1 heterocycles. The van der Waals surface area contributed by atoms with E-state index in [9.17, 15) is 0 Å². The van der Waals surface area contributed by atoms with Crippen molar-refractivity contribution in [1.82, 2.24) is 0 Å². The minimum atomic E-state index is -0.531. The molecule has 0 saturated carbocycles. The number of nitrogens with zero attached hydrogens (tertiary/aromatic N) is 1. The number of anilines is 3. The summed E-state index contributed by atoms with van der Waals surface area (Å²) in [4.78, 5) is 2.40. The Kier molecular flexibility index (Phi) is 7.48. The molecule has 0 fully saturated rings. The molecule has 0 bridgehead atoms. The fourth-order valence-corrected chi connectivity index (χ4v) is 9.91. The zero-order valence-electron chi connectivity index (χ0n) is 32.2. The first kappa shape index (κ1) is 33.5. The Morgan fingerprint density at radius 2 is 0.966 bits per heavy atom. The highest BCUT2D eigenvalue weighted by molar-refractivity contribution is 6.11. The van der Waals surface area contributed by atoms with E-state index in [1.165, 1.54) is 60.5 Å². The van der Waals surface area contributed by atoms with Gasteiger partial charge in [0.05, 0.1) is 11.1 Å². The van der Waals surface area contributed by atoms with Gasteiger partial charge in [-0.2, -0.15) is 0 Å². The average Bonchev–Trinajstić information content (AvgIpc) is 3.84. The van der Waals surface area contributed by atoms with Crippen molar-refractivity contribution >= 4 is 60.5 Å². The van der Waals surface area contributed by atoms with Crippen LogP contribution in [0, 0.1) is 0 Å². The molecule has 2 nitrogen and oxygen atoms in total. The number of furan rings is 1. The van der Waals surface area contributed by atoms with Gasteiger partial charge in [0.1, 0.15) is 5.58 Å². The molecule has 1 aliphatic rings. The van der Waals surface area contributed by atoms with Gasteiger partial charge < -0.3 is 9.32 Å². The molecule has 0 N–H and O–H groups in total. The first-order valence-electron chi connectivity index (χ1n) is 20.3. The molecule has 0 radical (unpaired) electrons. The van der Waals surface area contributed by atoms with Crippen LogP contribution in [0.5, 0.6) is 0 Å². The predicted octanol–water partition coefficient (Wildman–Crippen LogP) is 15.4. The lowest BCUT2D eigenvalue weighted by atomic mass is 9.67. The van der Waals surface area contributed by atoms with Crippen molar-refractivity contribution in [3.05, 3.63) is 247 Å². The first-order chi connectivity index (χ1) is 29.3. The van der Waals surface area contributed by atoms with E-state index in [1.807, 2.05) is 6.07 Å². The van der Waals surface area contributed by atoms with Gasteiger partial charge in [0.2, 0.25) is 0 Å². The second kappa shape index (κ2) is 13.2. The van der Waals surface area contributed by atoms with E-state index < -0.39 is 5.41 Å². The lowest BCUT2D eigenvalue weighted by Crippen LogP contribution is -2.28. The summed E-state index contributed by atoms with van der Waals surface area (Å²) in [6, 6.07) is 81.8. The van der Waals surface area contributed by atoms with Gasteiger partial charge in [0.15, 0.2) is 5.58 Å². The lowest BCUT2D eigenvalue weighted by Gasteiger charge is -2.35. The standard InChI is InChI=1S/C57H37NO/c1-3-17-42(18-4-1)57(43-19-5-2-6-20-43)52-26-11-9-23-47(52)48-34-33-45(37-53(48)57)58(54-27-14-25-50-49-24-10-12-28-55(49)59-56(50)54)44-21-13-16-40(35-44)41-32-31-39-30-29-38-15-7-8-22-46(38)51(39)36-41/h1-37H. The second-order valence-corrected chi connectivity index (χ2v) is 15.6. The zero-order valence-corrected chi connectivity index (χ0v) is 32.2. The molecular weight excluding hydrogens is 715 g/mol. The summed E-state index contributed by atoms with van der Waals surface area (Å²) in [6.45, 7) is 0. The highest BCUT2D eigenvalue weighted by Gasteiger charge is 2.46. The van der Waals surface area contributed by atoms with Crippen LogP contribution in [0.3, 0.4) is 0 Å². The number of para-hydroxylation sites is 2. The lowest BCUT2D eigenvalue weighted by molar-refractivity contribution is 0.669. The van der Waals surface area contributed by atoms with Crippen molar-refractivity contribution in [2.24, 2.45) is 0 Å². The predicted molar refractivity (Wildman–Crippen MR) is 246 cm³/mol. The Labute approximate surface area is 342 Å². The summed E-state index contributed by atoms with van der Waals surface area (Å²) in [7, 11) is 0. The minimum absolute atomic E-state index is 0.531. The fraction of sp³-hybridized carbons (Fsp3) is 0.0175. The minimum Gasteiger partial charge on any atom is -0.454 e. The Balaban J connectivity index is 1.12. The molecule has 276 valence electrons. The van der Waals surface area contributed by atoms with Crippen LogP contribution >= 0.6 is 0 Å². The molecule has 11 aromatic rings. The molecular formula is C57H37NO. The van der Waals surface area contributed by atoms with Gasteiger partial charge in [0.25, 0.3) is 0 Å². The van der Waals surface area contributed by atoms with Crippen LogP contribution in [0.1, 0.15) is 22.3 Å². The number of hydrogen-bond acceptors (Lipinski definition) is 2. The van der Waals surface area contributed by atoms with Crippen molar-refractivity contribution in [2.75, 3.05) is 4.90 Å². The van der Waals surface area contributed by atoms with Gasteiger partial charge in [-0.3, -0.25) is 0 Å². The quantitative estimate of drug-likeness (QED) is 0.157. The van der Waals surface area contributed by atoms with E-state index >= 15 is 0 Å². The normalized spacial score (nSPS) is 12.9. The topological polar surface area (TPSA) is 16.4 Å². The summed E-state index contributed by atoms with van der Waals surface area (Å²) >= 11 is 0. The molecule has 1 aromatic heterocycles. The maximum absolute atomic E-state index is 6.79. The molecule has 0 aliphatic heterocycles. The number of hydrogen-bond donors (Lipinski definition) is 0. The third-order valence-electron chi connectivity index (χ3n) is 12.5. The van der Waals surface area contributed by atoms with Gasteiger partial charge in [-0.25, -0.2) is 0 Å². The van der Waals surface area contributed by atoms with Crippen LogP contribution in [0.2, 0.25) is 0 Å². The summed E-state index contributed by atoms with van der Waals surface area (Å²) < 4.78 is 6.79. The van der Waals surface area contributed by atoms with Crippen molar-refractivity contribution < 1.29 is 4.42 Å². The fourth-order valence-electron chi connectivity index (χ4n) is 9.91. The monoisotopic (exact) mass is 751 g/mol. The van der Waals surface area contributed by atoms with Gasteiger partial charge in [0, 0.05) is 22.1 Å². The highest BCUT2D eigenvalue weighted by atomic mass is 16.3. The SMILES string of the molecule is c1ccc(C2(c3ccccc3)c3ccccc3-c3ccc(N(c4cccc(-c5ccc6ccc7ccccc7c6c5)c4)c4cccc5c4oc4ccccc45)cc32)cc1. The average molecular weight is 752 g/mol. The molecule has 0 spiro atoms. The highest BCUT2D eigenvalue weighted by Crippen LogP contribution is 2.57. The van der Waals surface area contributed by atoms with Crippen LogP contribution in [0.15, 0.2) is 229 Å². The molecule has 1 aliphatic carbocycles. The van der Waals surface area contributed by atoms with Gasteiger partial charge in [-0.1, -0.05) is 182 Å². The molecule has 10 aromatic carbocycles. The van der Waals surface area contributed by atoms with Gasteiger partial charge in [-0.15, -0.1) is 0 Å². The second-order valence-electron chi connectivity index (χ2n) is 15.6. The number of rotatable bonds is 6. The van der Waals surface area contributed by atoms with E-state index in [0.717, 1.165) is 44.6 Å². The van der Waals surface area contributed by atoms with Crippen molar-refractivity contribution in [2.45, 2.75) is 5.41 Å². The smallest absolute Gasteiger partial charge is 0.159 e. The Morgan fingerprint density at radius 3 is 1.80 bits per heavy atom. The van der Waals surface area contributed by atoms with Crippen LogP contribution < -0.4 is 4.90 Å². The Bertz CT molecular complexity index is 3360. The van der Waals surface area contributed by atoms with E-state index in [2.05, 4.69) is 223 Å². The third kappa shape index (κ3) is 5.06. The Hall–Kier alpha value is -7.68. The summed E-state index contributed by atoms with van der Waals surface area (Å²) in [5, 5.41) is 7.21. The van der Waals surface area contributed by atoms with Crippen molar-refractivity contribution in [3.8, 4) is 22.3 Å². The largest absolute Gasteiger partial charge is 0.454 e. The molecule has 0 saturated heterocycles. The van der Waals surface area contributed by atoms with Gasteiger partial charge >= 0.3 is 0 Å². The molecule has 12 rings (SSSR count). The first-order valence-corrected chi connectivity index (χ1v) is 20.3. The van der Waals surface area contributed by atoms with E-state index in [1.54, 1.807) is 0 Å². The summed E-state index contributed by atoms with van der Waals surface area (Å²) in [5.74, 6) is 0. The van der Waals surface area contributed by atoms with E-state index in [-0.39, 0.29) is 0 Å². The molecule has 2 heteroatoms. The van der Waals surface area contributed by atoms with Crippen LogP contribution in [0.25, 0.3) is 65.7 Å². The molecule has 0 amide bonds. The van der Waals surface area contributed by atoms with E-state index in [0.29, 0.717) is 0 Å². The van der Waals surface area contributed by atoms with Crippen LogP contribution in [-0.2, 0) is 5.41 Å². The van der Waals surface area contributed by atoms with Crippen LogP contribution in [0.4, 0.5) is 17.1 Å². The summed E-state index contributed by atoms with van der Waals surface area (Å²) in [5.41, 5.74) is 14.2. The molecule has 59 heavy (non-hydrogen) atoms. The maximum atomic E-state index is 6.79. The number of fused-ring (bicyclic) bond motifs is 9. The van der Waals surface area contributed by atoms with Gasteiger partial charge in [-0.05, 0) is 109 Å². The van der Waals surface area contributed by atoms with Crippen molar-refractivity contribution in [1.29, 1.82) is 0 Å². The maximum Gasteiger partial charge on any atom is 0.159 e. The third-order valence-corrected chi connectivity index (χ3v) is 12.5. The zero-order chi connectivity index (χ0) is 38.9. The van der Waals surface area contributed by atoms with E-state index in [4.69, 9.17) is 4.42 Å². The number of benzene rings is 10. The van der Waals surface area contributed by atoms with Crippen LogP contribution in [-0.4, -0.2) is 0 Å². The Morgan fingerprint density at radius 1 is 0.356 bits per heavy atom. The van der Waals surface area contributed by atoms with Crippen molar-refractivity contribution in [3.63, 3.8) is 0 Å². The molecule has 0 unspecified atom stereocenters.